The molecule has 1 atom stereocenters. The molecule has 21 heavy (non-hydrogen) atoms. The molecule has 120 valence electrons. The first-order valence-corrected chi connectivity index (χ1v) is 9.68. The normalized spacial score (nSPS) is 24.7. The smallest absolute Gasteiger partial charge is 0.285 e. The summed E-state index contributed by atoms with van der Waals surface area (Å²) in [5.41, 5.74) is 1.59. The van der Waals surface area contributed by atoms with Crippen LogP contribution in [0.2, 0.25) is 0 Å². The Labute approximate surface area is 127 Å². The van der Waals surface area contributed by atoms with E-state index in [1.165, 1.54) is 10.4 Å². The summed E-state index contributed by atoms with van der Waals surface area (Å²) in [6, 6.07) is 5.01. The van der Waals surface area contributed by atoms with Gasteiger partial charge in [0.2, 0.25) is 0 Å². The molecule has 0 spiro atoms. The van der Waals surface area contributed by atoms with Crippen molar-refractivity contribution in [2.45, 2.75) is 31.3 Å². The molecule has 2 N–H and O–H groups in total. The maximum Gasteiger partial charge on any atom is 0.297 e. The van der Waals surface area contributed by atoms with Gasteiger partial charge in [0.05, 0.1) is 16.8 Å². The number of hydrogen-bond donors (Lipinski definition) is 2. The molecule has 0 saturated carbocycles. The van der Waals surface area contributed by atoms with E-state index in [4.69, 9.17) is 4.18 Å². The SMILES string of the molecule is Cc1ccc(S(=O)(=O)OC2CCN(C)S(O)(O)C2)c(C)c1. The first-order chi connectivity index (χ1) is 9.62. The summed E-state index contributed by atoms with van der Waals surface area (Å²) in [6.45, 7) is 3.98. The zero-order valence-electron chi connectivity index (χ0n) is 12.3. The van der Waals surface area contributed by atoms with Crippen LogP contribution in [0.15, 0.2) is 23.1 Å². The minimum Gasteiger partial charge on any atom is -0.285 e. The van der Waals surface area contributed by atoms with Gasteiger partial charge in [-0.1, -0.05) is 17.7 Å². The Morgan fingerprint density at radius 2 is 2.00 bits per heavy atom. The van der Waals surface area contributed by atoms with E-state index >= 15 is 0 Å². The molecule has 1 unspecified atom stereocenters. The molecule has 0 aromatic heterocycles. The maximum absolute atomic E-state index is 12.3. The van der Waals surface area contributed by atoms with Gasteiger partial charge in [-0.15, -0.1) is 10.8 Å². The summed E-state index contributed by atoms with van der Waals surface area (Å²) in [5, 5.41) is 0. The van der Waals surface area contributed by atoms with Gasteiger partial charge in [-0.25, -0.2) is 4.31 Å². The van der Waals surface area contributed by atoms with Crippen molar-refractivity contribution in [1.29, 1.82) is 0 Å². The average Bonchev–Trinajstić information content (AvgIpc) is 2.32. The van der Waals surface area contributed by atoms with Crippen molar-refractivity contribution in [3.63, 3.8) is 0 Å². The summed E-state index contributed by atoms with van der Waals surface area (Å²) in [5.74, 6) is -0.0896. The van der Waals surface area contributed by atoms with Crippen LogP contribution in [-0.4, -0.2) is 47.3 Å². The molecule has 1 saturated heterocycles. The highest BCUT2D eigenvalue weighted by atomic mass is 32.3. The Morgan fingerprint density at radius 3 is 2.57 bits per heavy atom. The summed E-state index contributed by atoms with van der Waals surface area (Å²) in [4.78, 5) is 0.128. The molecule has 1 heterocycles. The van der Waals surface area contributed by atoms with Gasteiger partial charge in [-0.05, 0) is 31.9 Å². The minimum atomic E-state index is -3.90. The number of hydrogen-bond acceptors (Lipinski definition) is 6. The standard InChI is InChI=1S/C13H21NO5S2/c1-10-4-5-13(11(2)8-10)21(17,18)19-12-6-7-14(3)20(15,16)9-12/h4-5,8,12,15-16H,6-7,9H2,1-3H3. The highest BCUT2D eigenvalue weighted by Gasteiger charge is 2.34. The molecule has 2 rings (SSSR count). The molecule has 1 aliphatic heterocycles. The first kappa shape index (κ1) is 16.7. The summed E-state index contributed by atoms with van der Waals surface area (Å²) >= 11 is 0. The van der Waals surface area contributed by atoms with E-state index < -0.39 is 27.0 Å². The lowest BCUT2D eigenvalue weighted by molar-refractivity contribution is 0.187. The average molecular weight is 335 g/mol. The van der Waals surface area contributed by atoms with E-state index in [9.17, 15) is 17.5 Å². The van der Waals surface area contributed by atoms with E-state index in [1.54, 1.807) is 26.1 Å². The van der Waals surface area contributed by atoms with Gasteiger partial charge in [0.25, 0.3) is 10.1 Å². The van der Waals surface area contributed by atoms with Gasteiger partial charge in [-0.2, -0.15) is 8.42 Å². The summed E-state index contributed by atoms with van der Waals surface area (Å²) in [6.07, 6.45) is -0.270. The Balaban J connectivity index is 2.18. The molecule has 0 amide bonds. The summed E-state index contributed by atoms with van der Waals surface area (Å²) < 4.78 is 51.1. The van der Waals surface area contributed by atoms with Crippen LogP contribution in [0, 0.1) is 13.8 Å². The Hall–Kier alpha value is -0.640. The van der Waals surface area contributed by atoms with E-state index in [1.807, 2.05) is 6.92 Å². The maximum atomic E-state index is 12.3. The fraction of sp³-hybridized carbons (Fsp3) is 0.538. The van der Waals surface area contributed by atoms with Crippen molar-refractivity contribution in [2.24, 2.45) is 0 Å². The Morgan fingerprint density at radius 1 is 1.33 bits per heavy atom. The van der Waals surface area contributed by atoms with Crippen molar-refractivity contribution in [3.8, 4) is 0 Å². The Bertz CT molecular complexity index is 629. The highest BCUT2D eigenvalue weighted by molar-refractivity contribution is 8.22. The summed E-state index contributed by atoms with van der Waals surface area (Å²) in [7, 11) is -5.24. The van der Waals surface area contributed by atoms with Gasteiger partial charge in [0.1, 0.15) is 0 Å². The van der Waals surface area contributed by atoms with E-state index in [2.05, 4.69) is 0 Å². The molecule has 1 aromatic carbocycles. The van der Waals surface area contributed by atoms with E-state index in [-0.39, 0.29) is 10.6 Å². The quantitative estimate of drug-likeness (QED) is 0.825. The van der Waals surface area contributed by atoms with Crippen LogP contribution < -0.4 is 0 Å². The predicted octanol–water partition coefficient (Wildman–Crippen LogP) is 2.38. The van der Waals surface area contributed by atoms with Crippen LogP contribution in [0.3, 0.4) is 0 Å². The third-order valence-corrected chi connectivity index (χ3v) is 7.06. The minimum absolute atomic E-state index is 0.0896. The van der Waals surface area contributed by atoms with Gasteiger partial charge in [0, 0.05) is 13.6 Å². The molecule has 0 aliphatic carbocycles. The third kappa shape index (κ3) is 3.77. The van der Waals surface area contributed by atoms with Gasteiger partial charge >= 0.3 is 0 Å². The fourth-order valence-corrected chi connectivity index (χ4v) is 5.10. The van der Waals surface area contributed by atoms with Crippen LogP contribution in [0.5, 0.6) is 0 Å². The predicted molar refractivity (Wildman–Crippen MR) is 82.9 cm³/mol. The molecular formula is C13H21NO5S2. The van der Waals surface area contributed by atoms with Crippen molar-refractivity contribution in [1.82, 2.24) is 4.31 Å². The van der Waals surface area contributed by atoms with Crippen LogP contribution in [0.4, 0.5) is 0 Å². The largest absolute Gasteiger partial charge is 0.297 e. The van der Waals surface area contributed by atoms with Crippen LogP contribution in [-0.2, 0) is 14.3 Å². The van der Waals surface area contributed by atoms with Crippen LogP contribution in [0.25, 0.3) is 0 Å². The van der Waals surface area contributed by atoms with Crippen LogP contribution >= 0.6 is 10.8 Å². The van der Waals surface area contributed by atoms with Crippen molar-refractivity contribution < 1.29 is 21.7 Å². The van der Waals surface area contributed by atoms with Gasteiger partial charge in [0.15, 0.2) is 0 Å². The molecule has 0 radical (unpaired) electrons. The highest BCUT2D eigenvalue weighted by Crippen LogP contribution is 2.46. The number of aryl methyl sites for hydroxylation is 2. The van der Waals surface area contributed by atoms with E-state index in [0.29, 0.717) is 18.5 Å². The lowest BCUT2D eigenvalue weighted by Gasteiger charge is -2.46. The monoisotopic (exact) mass is 335 g/mol. The molecule has 6 nitrogen and oxygen atoms in total. The molecule has 1 aromatic rings. The van der Waals surface area contributed by atoms with Gasteiger partial charge in [-0.3, -0.25) is 13.3 Å². The fourth-order valence-electron chi connectivity index (χ4n) is 2.32. The zero-order valence-corrected chi connectivity index (χ0v) is 13.9. The Kier molecular flexibility index (Phi) is 4.67. The molecule has 0 bridgehead atoms. The van der Waals surface area contributed by atoms with E-state index in [0.717, 1.165) is 5.56 Å². The van der Waals surface area contributed by atoms with Crippen molar-refractivity contribution in [3.05, 3.63) is 29.3 Å². The van der Waals surface area contributed by atoms with Gasteiger partial charge < -0.3 is 0 Å². The lowest BCUT2D eigenvalue weighted by Crippen LogP contribution is -2.40. The molecular weight excluding hydrogens is 314 g/mol. The number of nitrogens with zero attached hydrogens (tertiary/aromatic N) is 1. The van der Waals surface area contributed by atoms with Crippen molar-refractivity contribution >= 4 is 20.9 Å². The number of rotatable bonds is 3. The number of benzene rings is 1. The third-order valence-electron chi connectivity index (χ3n) is 3.54. The van der Waals surface area contributed by atoms with Crippen molar-refractivity contribution in [2.75, 3.05) is 19.3 Å². The first-order valence-electron chi connectivity index (χ1n) is 6.59. The topological polar surface area (TPSA) is 87.1 Å². The second-order valence-electron chi connectivity index (χ2n) is 5.38. The molecule has 1 aliphatic rings. The zero-order chi connectivity index (χ0) is 15.8. The lowest BCUT2D eigenvalue weighted by atomic mass is 10.2. The van der Waals surface area contributed by atoms with Crippen LogP contribution in [0.1, 0.15) is 17.5 Å². The second-order valence-corrected chi connectivity index (χ2v) is 9.14. The molecule has 1 fully saturated rings. The molecule has 8 heteroatoms. The second kappa shape index (κ2) is 5.86.